The average Bonchev–Trinajstić information content (AvgIpc) is 2.30. The molecule has 17 heavy (non-hydrogen) atoms. The van der Waals surface area contributed by atoms with E-state index >= 15 is 0 Å². The van der Waals surface area contributed by atoms with Crippen LogP contribution in [0.5, 0.6) is 5.75 Å². The number of nitrogens with two attached hydrogens (primary N) is 1. The van der Waals surface area contributed by atoms with Crippen molar-refractivity contribution in [3.63, 3.8) is 0 Å². The minimum Gasteiger partial charge on any atom is -0.478 e. The summed E-state index contributed by atoms with van der Waals surface area (Å²) in [5, 5.41) is 3.36. The van der Waals surface area contributed by atoms with Crippen molar-refractivity contribution >= 4 is 29.1 Å². The highest BCUT2D eigenvalue weighted by atomic mass is 35.5. The summed E-state index contributed by atoms with van der Waals surface area (Å²) in [5.41, 5.74) is 5.28. The molecule has 0 aliphatic carbocycles. The van der Waals surface area contributed by atoms with E-state index < -0.39 is 6.10 Å². The molecule has 1 aromatic rings. The molecule has 4 nitrogen and oxygen atoms in total. The zero-order valence-electron chi connectivity index (χ0n) is 9.37. The van der Waals surface area contributed by atoms with Crippen LogP contribution in [0.1, 0.15) is 6.92 Å². The highest BCUT2D eigenvalue weighted by molar-refractivity contribution is 6.37. The van der Waals surface area contributed by atoms with Gasteiger partial charge in [-0.05, 0) is 19.1 Å². The Morgan fingerprint density at radius 1 is 1.47 bits per heavy atom. The molecule has 1 aromatic carbocycles. The summed E-state index contributed by atoms with van der Waals surface area (Å²) < 4.78 is 5.42. The van der Waals surface area contributed by atoms with Gasteiger partial charge >= 0.3 is 0 Å². The standard InChI is InChI=1S/C11H14Cl2N2O2/c1-7(11(16)15-6-5-14)17-10-8(12)3-2-4-9(10)13/h2-4,7H,5-6,14H2,1H3,(H,15,16)/t7-/m1/s1. The molecule has 0 aromatic heterocycles. The van der Waals surface area contributed by atoms with Crippen LogP contribution >= 0.6 is 23.2 Å². The smallest absolute Gasteiger partial charge is 0.260 e. The second-order valence-corrected chi connectivity index (χ2v) is 4.20. The number of rotatable bonds is 5. The normalized spacial score (nSPS) is 12.0. The molecule has 0 heterocycles. The molecule has 0 saturated carbocycles. The van der Waals surface area contributed by atoms with Crippen molar-refractivity contribution in [1.82, 2.24) is 5.32 Å². The minimum atomic E-state index is -0.682. The topological polar surface area (TPSA) is 64.3 Å². The van der Waals surface area contributed by atoms with Crippen molar-refractivity contribution < 1.29 is 9.53 Å². The van der Waals surface area contributed by atoms with E-state index in [0.717, 1.165) is 0 Å². The van der Waals surface area contributed by atoms with E-state index in [-0.39, 0.29) is 5.91 Å². The molecular weight excluding hydrogens is 263 g/mol. The van der Waals surface area contributed by atoms with Crippen molar-refractivity contribution in [1.29, 1.82) is 0 Å². The lowest BCUT2D eigenvalue weighted by atomic mass is 10.3. The highest BCUT2D eigenvalue weighted by Gasteiger charge is 2.17. The summed E-state index contributed by atoms with van der Waals surface area (Å²) >= 11 is 11.8. The number of ether oxygens (including phenoxy) is 1. The molecule has 1 atom stereocenters. The lowest BCUT2D eigenvalue weighted by Gasteiger charge is -2.16. The van der Waals surface area contributed by atoms with Crippen LogP contribution < -0.4 is 15.8 Å². The van der Waals surface area contributed by atoms with Gasteiger partial charge in [0.05, 0.1) is 10.0 Å². The number of benzene rings is 1. The van der Waals surface area contributed by atoms with E-state index in [1.54, 1.807) is 25.1 Å². The maximum atomic E-state index is 11.6. The van der Waals surface area contributed by atoms with Crippen LogP contribution in [-0.2, 0) is 4.79 Å². The number of hydrogen-bond acceptors (Lipinski definition) is 3. The molecule has 0 fully saturated rings. The molecule has 6 heteroatoms. The van der Waals surface area contributed by atoms with Crippen molar-refractivity contribution in [2.24, 2.45) is 5.73 Å². The van der Waals surface area contributed by atoms with Gasteiger partial charge in [-0.2, -0.15) is 0 Å². The van der Waals surface area contributed by atoms with Gasteiger partial charge in [-0.15, -0.1) is 0 Å². The first kappa shape index (κ1) is 14.1. The van der Waals surface area contributed by atoms with Gasteiger partial charge in [-0.25, -0.2) is 0 Å². The van der Waals surface area contributed by atoms with Crippen LogP contribution in [0.15, 0.2) is 18.2 Å². The summed E-state index contributed by atoms with van der Waals surface area (Å²) in [4.78, 5) is 11.6. The van der Waals surface area contributed by atoms with E-state index in [4.69, 9.17) is 33.7 Å². The Bertz CT molecular complexity index is 379. The van der Waals surface area contributed by atoms with Crippen LogP contribution in [0.3, 0.4) is 0 Å². The van der Waals surface area contributed by atoms with Gasteiger partial charge in [0.2, 0.25) is 0 Å². The third-order valence-corrected chi connectivity index (χ3v) is 2.62. The Hall–Kier alpha value is -0.970. The van der Waals surface area contributed by atoms with Gasteiger partial charge in [0.1, 0.15) is 0 Å². The Labute approximate surface area is 110 Å². The Balaban J connectivity index is 2.67. The fourth-order valence-corrected chi connectivity index (χ4v) is 1.65. The van der Waals surface area contributed by atoms with E-state index in [1.807, 2.05) is 0 Å². The zero-order chi connectivity index (χ0) is 12.8. The van der Waals surface area contributed by atoms with E-state index in [0.29, 0.717) is 28.9 Å². The molecule has 0 unspecified atom stereocenters. The van der Waals surface area contributed by atoms with Gasteiger partial charge in [0.15, 0.2) is 11.9 Å². The number of para-hydroxylation sites is 1. The summed E-state index contributed by atoms with van der Waals surface area (Å²) in [6.45, 7) is 2.40. The van der Waals surface area contributed by atoms with Crippen molar-refractivity contribution in [2.75, 3.05) is 13.1 Å². The molecule has 0 saturated heterocycles. The first-order chi connectivity index (χ1) is 8.06. The van der Waals surface area contributed by atoms with E-state index in [9.17, 15) is 4.79 Å². The van der Waals surface area contributed by atoms with Gasteiger partial charge < -0.3 is 15.8 Å². The van der Waals surface area contributed by atoms with Crippen LogP contribution in [0.25, 0.3) is 0 Å². The highest BCUT2D eigenvalue weighted by Crippen LogP contribution is 2.33. The van der Waals surface area contributed by atoms with E-state index in [1.165, 1.54) is 0 Å². The molecular formula is C11H14Cl2N2O2. The molecule has 0 bridgehead atoms. The average molecular weight is 277 g/mol. The second-order valence-electron chi connectivity index (χ2n) is 3.39. The van der Waals surface area contributed by atoms with E-state index in [2.05, 4.69) is 5.32 Å². The fraction of sp³-hybridized carbons (Fsp3) is 0.364. The summed E-state index contributed by atoms with van der Waals surface area (Å²) in [5.74, 6) is 0.0534. The zero-order valence-corrected chi connectivity index (χ0v) is 10.9. The monoisotopic (exact) mass is 276 g/mol. The first-order valence-electron chi connectivity index (χ1n) is 5.14. The summed E-state index contributed by atoms with van der Waals surface area (Å²) in [7, 11) is 0. The third-order valence-electron chi connectivity index (χ3n) is 2.03. The maximum Gasteiger partial charge on any atom is 0.260 e. The Kier molecular flexibility index (Phi) is 5.55. The lowest BCUT2D eigenvalue weighted by molar-refractivity contribution is -0.127. The molecule has 3 N–H and O–H groups in total. The number of nitrogens with one attached hydrogen (secondary N) is 1. The number of carbonyl (C=O) groups is 1. The molecule has 1 amide bonds. The minimum absolute atomic E-state index is 0.258. The Morgan fingerprint density at radius 2 is 2.06 bits per heavy atom. The summed E-state index contributed by atoms with van der Waals surface area (Å²) in [6.07, 6.45) is -0.682. The maximum absolute atomic E-state index is 11.6. The molecule has 0 aliphatic heterocycles. The van der Waals surface area contributed by atoms with Crippen molar-refractivity contribution in [3.05, 3.63) is 28.2 Å². The largest absolute Gasteiger partial charge is 0.478 e. The number of amides is 1. The van der Waals surface area contributed by atoms with Crippen molar-refractivity contribution in [3.8, 4) is 5.75 Å². The predicted octanol–water partition coefficient (Wildman–Crippen LogP) is 1.84. The lowest BCUT2D eigenvalue weighted by Crippen LogP contribution is -2.38. The molecule has 1 rings (SSSR count). The predicted molar refractivity (Wildman–Crippen MR) is 68.6 cm³/mol. The van der Waals surface area contributed by atoms with Crippen LogP contribution in [0.4, 0.5) is 0 Å². The van der Waals surface area contributed by atoms with Gasteiger partial charge in [0.25, 0.3) is 5.91 Å². The van der Waals surface area contributed by atoms with Crippen LogP contribution in [0, 0.1) is 0 Å². The van der Waals surface area contributed by atoms with Crippen LogP contribution in [-0.4, -0.2) is 25.1 Å². The molecule has 0 aliphatic rings. The SMILES string of the molecule is C[C@@H](Oc1c(Cl)cccc1Cl)C(=O)NCCN. The number of halogens is 2. The second kappa shape index (κ2) is 6.69. The van der Waals surface area contributed by atoms with Gasteiger partial charge in [-0.3, -0.25) is 4.79 Å². The van der Waals surface area contributed by atoms with Gasteiger partial charge in [-0.1, -0.05) is 29.3 Å². The fourth-order valence-electron chi connectivity index (χ4n) is 1.16. The molecule has 94 valence electrons. The molecule has 0 radical (unpaired) electrons. The third kappa shape index (κ3) is 4.07. The first-order valence-corrected chi connectivity index (χ1v) is 5.90. The van der Waals surface area contributed by atoms with Crippen LogP contribution in [0.2, 0.25) is 10.0 Å². The number of carbonyl (C=O) groups excluding carboxylic acids is 1. The Morgan fingerprint density at radius 3 is 2.59 bits per heavy atom. The van der Waals surface area contributed by atoms with Crippen molar-refractivity contribution in [2.45, 2.75) is 13.0 Å². The number of hydrogen-bond donors (Lipinski definition) is 2. The molecule has 0 spiro atoms. The summed E-state index contributed by atoms with van der Waals surface area (Å²) in [6, 6.07) is 5.00. The quantitative estimate of drug-likeness (QED) is 0.863. The van der Waals surface area contributed by atoms with Gasteiger partial charge in [0, 0.05) is 13.1 Å².